The number of para-hydroxylation sites is 1. The lowest BCUT2D eigenvalue weighted by atomic mass is 10.0. The Balaban J connectivity index is 2.12. The quantitative estimate of drug-likeness (QED) is 0.472. The number of rotatable bonds is 4. The van der Waals surface area contributed by atoms with Gasteiger partial charge in [-0.3, -0.25) is 4.68 Å². The molecule has 0 fully saturated rings. The number of hydrogen-bond donors (Lipinski definition) is 0. The minimum Gasteiger partial charge on any atom is -0.591 e. The largest absolute Gasteiger partial charge is 0.591 e. The van der Waals surface area contributed by atoms with Crippen molar-refractivity contribution in [3.05, 3.63) is 54.1 Å². The van der Waals surface area contributed by atoms with Crippen molar-refractivity contribution in [3.8, 4) is 11.3 Å². The summed E-state index contributed by atoms with van der Waals surface area (Å²) in [5.74, 6) is 0. The maximum Gasteiger partial charge on any atom is 0.144 e. The molecular weight excluding hydrogens is 342 g/mol. The van der Waals surface area contributed by atoms with Crippen LogP contribution in [-0.4, -0.2) is 25.3 Å². The first kappa shape index (κ1) is 18.7. The molecule has 0 N–H and O–H groups in total. The van der Waals surface area contributed by atoms with Gasteiger partial charge in [-0.2, -0.15) is 5.10 Å². The lowest BCUT2D eigenvalue weighted by molar-refractivity contribution is 0.552. The molecule has 1 atom stereocenters. The van der Waals surface area contributed by atoms with Crippen molar-refractivity contribution in [2.24, 2.45) is 4.40 Å². The second kappa shape index (κ2) is 7.25. The summed E-state index contributed by atoms with van der Waals surface area (Å²) in [6, 6.07) is 16.5. The molecule has 26 heavy (non-hydrogen) atoms. The van der Waals surface area contributed by atoms with Crippen LogP contribution in [0.15, 0.2) is 52.9 Å². The van der Waals surface area contributed by atoms with Crippen molar-refractivity contribution in [2.45, 2.75) is 45.4 Å². The van der Waals surface area contributed by atoms with Crippen LogP contribution in [0.2, 0.25) is 0 Å². The Morgan fingerprint density at radius 3 is 2.42 bits per heavy atom. The van der Waals surface area contributed by atoms with E-state index in [4.69, 9.17) is 5.10 Å². The molecule has 0 radical (unpaired) electrons. The molecule has 0 aliphatic heterocycles. The summed E-state index contributed by atoms with van der Waals surface area (Å²) in [7, 11) is 0. The van der Waals surface area contributed by atoms with E-state index in [1.54, 1.807) is 6.21 Å². The Morgan fingerprint density at radius 1 is 1.08 bits per heavy atom. The molecule has 0 bridgehead atoms. The molecule has 136 valence electrons. The zero-order valence-electron chi connectivity index (χ0n) is 15.9. The highest BCUT2D eigenvalue weighted by atomic mass is 32.2. The molecule has 0 aliphatic carbocycles. The average Bonchev–Trinajstić information content (AvgIpc) is 2.99. The van der Waals surface area contributed by atoms with Crippen LogP contribution >= 0.6 is 0 Å². The lowest BCUT2D eigenvalue weighted by Crippen LogP contribution is -2.25. The van der Waals surface area contributed by atoms with Gasteiger partial charge >= 0.3 is 0 Å². The van der Waals surface area contributed by atoms with Crippen molar-refractivity contribution < 1.29 is 4.55 Å². The molecule has 0 saturated carbocycles. The fraction of sp³-hybridized carbons (Fsp3) is 0.333. The van der Waals surface area contributed by atoms with Crippen molar-refractivity contribution in [3.63, 3.8) is 0 Å². The van der Waals surface area contributed by atoms with Gasteiger partial charge < -0.3 is 4.55 Å². The minimum absolute atomic E-state index is 0.267. The van der Waals surface area contributed by atoms with Gasteiger partial charge in [0.25, 0.3) is 0 Å². The van der Waals surface area contributed by atoms with Crippen molar-refractivity contribution in [1.82, 2.24) is 9.78 Å². The predicted molar refractivity (Wildman–Crippen MR) is 111 cm³/mol. The third-order valence-electron chi connectivity index (χ3n) is 4.13. The summed E-state index contributed by atoms with van der Waals surface area (Å²) < 4.78 is 18.2. The first-order valence-electron chi connectivity index (χ1n) is 8.82. The zero-order chi connectivity index (χ0) is 18.9. The maximum atomic E-state index is 12.3. The molecule has 0 aliphatic rings. The van der Waals surface area contributed by atoms with E-state index in [0.29, 0.717) is 0 Å². The molecule has 3 rings (SSSR count). The Labute approximate surface area is 158 Å². The molecule has 0 saturated heterocycles. The summed E-state index contributed by atoms with van der Waals surface area (Å²) in [5.41, 5.74) is 3.96. The highest BCUT2D eigenvalue weighted by Gasteiger charge is 2.26. The molecule has 1 unspecified atom stereocenters. The molecule has 0 spiro atoms. The van der Waals surface area contributed by atoms with Crippen LogP contribution in [0, 0.1) is 0 Å². The Bertz CT molecular complexity index is 938. The molecule has 1 heterocycles. The van der Waals surface area contributed by atoms with Gasteiger partial charge in [-0.15, -0.1) is 0 Å². The van der Waals surface area contributed by atoms with Crippen molar-refractivity contribution >= 4 is 28.5 Å². The zero-order valence-corrected chi connectivity index (χ0v) is 16.7. The second-order valence-corrected chi connectivity index (χ2v) is 9.52. The normalized spacial score (nSPS) is 13.8. The fourth-order valence-corrected chi connectivity index (χ4v) is 3.30. The van der Waals surface area contributed by atoms with Gasteiger partial charge in [0.15, 0.2) is 0 Å². The topological polar surface area (TPSA) is 53.2 Å². The molecule has 1 aromatic heterocycles. The monoisotopic (exact) mass is 367 g/mol. The number of hydrogen-bond acceptors (Lipinski definition) is 3. The number of nitrogens with zero attached hydrogens (tertiary/aromatic N) is 3. The third kappa shape index (κ3) is 3.69. The van der Waals surface area contributed by atoms with Gasteiger partial charge in [0, 0.05) is 22.6 Å². The number of aromatic nitrogens is 2. The van der Waals surface area contributed by atoms with Crippen LogP contribution in [0.25, 0.3) is 22.2 Å². The van der Waals surface area contributed by atoms with Crippen LogP contribution in [0.3, 0.4) is 0 Å². The number of fused-ring (bicyclic) bond motifs is 1. The van der Waals surface area contributed by atoms with Gasteiger partial charge in [0.2, 0.25) is 0 Å². The molecular formula is C21H25N3OS. The standard InChI is InChI=1S/C21H25N3OS/c1-15(2)24-19-13-9-8-12-18(19)20(23-24)17-11-7-6-10-16(17)14-22-26(25)21(3,4)5/h6-15H,1-5H3. The van der Waals surface area contributed by atoms with Gasteiger partial charge in [-0.25, -0.2) is 0 Å². The minimum atomic E-state index is -1.29. The van der Waals surface area contributed by atoms with E-state index in [1.807, 2.05) is 61.9 Å². The first-order chi connectivity index (χ1) is 12.3. The van der Waals surface area contributed by atoms with E-state index < -0.39 is 11.4 Å². The average molecular weight is 368 g/mol. The molecule has 4 nitrogen and oxygen atoms in total. The highest BCUT2D eigenvalue weighted by molar-refractivity contribution is 7.91. The van der Waals surface area contributed by atoms with E-state index in [0.717, 1.165) is 27.7 Å². The maximum absolute atomic E-state index is 12.3. The highest BCUT2D eigenvalue weighted by Crippen LogP contribution is 2.31. The molecule has 0 amide bonds. The van der Waals surface area contributed by atoms with E-state index in [1.165, 1.54) is 0 Å². The summed E-state index contributed by atoms with van der Waals surface area (Å²) in [6.07, 6.45) is 1.71. The summed E-state index contributed by atoms with van der Waals surface area (Å²) in [4.78, 5) is 0. The van der Waals surface area contributed by atoms with Gasteiger partial charge in [0.05, 0.1) is 11.7 Å². The molecule has 3 aromatic rings. The van der Waals surface area contributed by atoms with E-state index in [-0.39, 0.29) is 10.8 Å². The van der Waals surface area contributed by atoms with Crippen molar-refractivity contribution in [1.29, 1.82) is 0 Å². The van der Waals surface area contributed by atoms with Gasteiger partial charge in [-0.05, 0) is 40.7 Å². The smallest absolute Gasteiger partial charge is 0.144 e. The number of benzene rings is 2. The van der Waals surface area contributed by atoms with E-state index in [9.17, 15) is 4.55 Å². The van der Waals surface area contributed by atoms with Crippen LogP contribution in [0.5, 0.6) is 0 Å². The first-order valence-corrected chi connectivity index (χ1v) is 9.92. The van der Waals surface area contributed by atoms with Crippen LogP contribution in [-0.2, 0) is 11.4 Å². The predicted octanol–water partition coefficient (Wildman–Crippen LogP) is 5.17. The fourth-order valence-electron chi connectivity index (χ4n) is 2.77. The van der Waals surface area contributed by atoms with E-state index in [2.05, 4.69) is 30.4 Å². The van der Waals surface area contributed by atoms with Crippen LogP contribution in [0.4, 0.5) is 0 Å². The summed E-state index contributed by atoms with van der Waals surface area (Å²) in [5, 5.41) is 5.98. The Morgan fingerprint density at radius 2 is 1.73 bits per heavy atom. The molecule has 5 heteroatoms. The second-order valence-electron chi connectivity index (χ2n) is 7.59. The van der Waals surface area contributed by atoms with Gasteiger partial charge in [-0.1, -0.05) is 46.9 Å². The van der Waals surface area contributed by atoms with Gasteiger partial charge in [0.1, 0.15) is 21.8 Å². The third-order valence-corrected chi connectivity index (χ3v) is 5.47. The molecule has 2 aromatic carbocycles. The van der Waals surface area contributed by atoms with Crippen LogP contribution < -0.4 is 0 Å². The Hall–Kier alpha value is -2.11. The summed E-state index contributed by atoms with van der Waals surface area (Å²) >= 11 is -1.29. The van der Waals surface area contributed by atoms with Crippen molar-refractivity contribution in [2.75, 3.05) is 0 Å². The Kier molecular flexibility index (Phi) is 5.21. The summed E-state index contributed by atoms with van der Waals surface area (Å²) in [6.45, 7) is 10.0. The van der Waals surface area contributed by atoms with Crippen LogP contribution in [0.1, 0.15) is 46.2 Å². The SMILES string of the molecule is CC(C)n1nc(-c2ccccc2C=N[S+]([O-])C(C)(C)C)c2ccccc21. The lowest BCUT2D eigenvalue weighted by Gasteiger charge is -2.17. The van der Waals surface area contributed by atoms with E-state index >= 15 is 0 Å².